The van der Waals surface area contributed by atoms with Gasteiger partial charge in [-0.1, -0.05) is 18.6 Å². The highest BCUT2D eigenvalue weighted by Crippen LogP contribution is 2.23. The SMILES string of the molecule is CC(C)(N)C(=O)C1CCN(C(=O)Nc2ccn(-c3ccc(CN4CCCCC(N)C4)cc3)c(=O)n2)CC1. The molecule has 2 fully saturated rings. The Kier molecular flexibility index (Phi) is 8.41. The molecule has 2 saturated heterocycles. The van der Waals surface area contributed by atoms with Crippen LogP contribution in [-0.2, 0) is 11.3 Å². The predicted molar refractivity (Wildman–Crippen MR) is 144 cm³/mol. The number of carbonyl (C=O) groups excluding carboxylic acids is 2. The molecule has 1 atom stereocenters. The van der Waals surface area contributed by atoms with Gasteiger partial charge in [0.25, 0.3) is 0 Å². The summed E-state index contributed by atoms with van der Waals surface area (Å²) in [7, 11) is 0. The number of nitrogens with zero attached hydrogens (tertiary/aromatic N) is 4. The number of hydrogen-bond donors (Lipinski definition) is 3. The number of anilines is 1. The molecule has 0 spiro atoms. The van der Waals surface area contributed by atoms with Crippen molar-refractivity contribution in [3.63, 3.8) is 0 Å². The maximum absolute atomic E-state index is 12.7. The van der Waals surface area contributed by atoms with Gasteiger partial charge >= 0.3 is 11.7 Å². The third-order valence-corrected chi connectivity index (χ3v) is 7.24. The number of likely N-dealkylation sites (tertiary alicyclic amines) is 2. The fourth-order valence-corrected chi connectivity index (χ4v) is 5.15. The van der Waals surface area contributed by atoms with Crippen molar-refractivity contribution < 1.29 is 9.59 Å². The number of hydrogen-bond acceptors (Lipinski definition) is 7. The molecule has 2 aliphatic rings. The molecule has 0 radical (unpaired) electrons. The van der Waals surface area contributed by atoms with Crippen molar-refractivity contribution in [3.8, 4) is 5.69 Å². The van der Waals surface area contributed by atoms with E-state index in [9.17, 15) is 14.4 Å². The van der Waals surface area contributed by atoms with Gasteiger partial charge < -0.3 is 16.4 Å². The number of piperidine rings is 1. The molecule has 0 saturated carbocycles. The molecule has 10 nitrogen and oxygen atoms in total. The molecule has 0 bridgehead atoms. The van der Waals surface area contributed by atoms with E-state index >= 15 is 0 Å². The van der Waals surface area contributed by atoms with E-state index in [4.69, 9.17) is 11.5 Å². The maximum Gasteiger partial charge on any atom is 0.354 e. The maximum atomic E-state index is 12.7. The summed E-state index contributed by atoms with van der Waals surface area (Å²) >= 11 is 0. The highest BCUT2D eigenvalue weighted by molar-refractivity contribution is 5.90. The molecule has 10 heteroatoms. The second kappa shape index (κ2) is 11.5. The zero-order valence-corrected chi connectivity index (χ0v) is 21.9. The van der Waals surface area contributed by atoms with Crippen molar-refractivity contribution in [2.24, 2.45) is 17.4 Å². The van der Waals surface area contributed by atoms with Crippen molar-refractivity contribution in [2.45, 2.75) is 64.1 Å². The van der Waals surface area contributed by atoms with Crippen LogP contribution < -0.4 is 22.5 Å². The van der Waals surface area contributed by atoms with Crippen LogP contribution in [0.5, 0.6) is 0 Å². The van der Waals surface area contributed by atoms with Crippen LogP contribution in [0.1, 0.15) is 51.5 Å². The largest absolute Gasteiger partial charge is 0.354 e. The van der Waals surface area contributed by atoms with Crippen LogP contribution in [-0.4, -0.2) is 68.9 Å². The fraction of sp³-hybridized carbons (Fsp3) is 0.556. The summed E-state index contributed by atoms with van der Waals surface area (Å²) in [5.41, 5.74) is 12.7. The van der Waals surface area contributed by atoms with Crippen LogP contribution in [0.3, 0.4) is 0 Å². The second-order valence-electron chi connectivity index (χ2n) is 10.9. The molecular formula is C27H39N7O3. The van der Waals surface area contributed by atoms with Crippen LogP contribution >= 0.6 is 0 Å². The minimum absolute atomic E-state index is 0.0250. The summed E-state index contributed by atoms with van der Waals surface area (Å²) in [5, 5.41) is 2.71. The van der Waals surface area contributed by atoms with E-state index in [1.165, 1.54) is 23.0 Å². The Morgan fingerprint density at radius 3 is 2.41 bits per heavy atom. The van der Waals surface area contributed by atoms with Crippen LogP contribution in [0.15, 0.2) is 41.3 Å². The minimum Gasteiger partial charge on any atom is -0.327 e. The van der Waals surface area contributed by atoms with Gasteiger partial charge in [-0.3, -0.25) is 19.6 Å². The topological polar surface area (TPSA) is 140 Å². The Labute approximate surface area is 218 Å². The number of nitrogens with one attached hydrogen (secondary N) is 1. The van der Waals surface area contributed by atoms with Crippen molar-refractivity contribution in [1.29, 1.82) is 0 Å². The average molecular weight is 510 g/mol. The lowest BCUT2D eigenvalue weighted by Gasteiger charge is -2.33. The first-order valence-corrected chi connectivity index (χ1v) is 13.2. The van der Waals surface area contributed by atoms with E-state index in [-0.39, 0.29) is 29.6 Å². The second-order valence-corrected chi connectivity index (χ2v) is 10.9. The molecule has 4 rings (SSSR count). The highest BCUT2D eigenvalue weighted by Gasteiger charge is 2.33. The van der Waals surface area contributed by atoms with Crippen molar-refractivity contribution >= 4 is 17.6 Å². The number of carbonyl (C=O) groups is 2. The van der Waals surface area contributed by atoms with Gasteiger partial charge in [0.05, 0.1) is 11.2 Å². The van der Waals surface area contributed by atoms with E-state index in [0.717, 1.165) is 26.1 Å². The molecule has 5 N–H and O–H groups in total. The van der Waals surface area contributed by atoms with Crippen LogP contribution in [0.4, 0.5) is 10.6 Å². The molecular weight excluding hydrogens is 470 g/mol. The normalized spacial score (nSPS) is 19.9. The summed E-state index contributed by atoms with van der Waals surface area (Å²) in [5.74, 6) is 0.0816. The molecule has 1 aromatic heterocycles. The van der Waals surface area contributed by atoms with E-state index in [1.807, 2.05) is 24.3 Å². The van der Waals surface area contributed by atoms with Crippen molar-refractivity contribution in [1.82, 2.24) is 19.4 Å². The third-order valence-electron chi connectivity index (χ3n) is 7.24. The Hall–Kier alpha value is -3.08. The van der Waals surface area contributed by atoms with Gasteiger partial charge in [-0.25, -0.2) is 9.59 Å². The zero-order chi connectivity index (χ0) is 26.6. The first-order chi connectivity index (χ1) is 17.6. The van der Waals surface area contributed by atoms with Crippen LogP contribution in [0.25, 0.3) is 5.69 Å². The molecule has 200 valence electrons. The van der Waals surface area contributed by atoms with E-state index in [2.05, 4.69) is 15.2 Å². The van der Waals surface area contributed by atoms with Gasteiger partial charge in [-0.2, -0.15) is 4.98 Å². The molecule has 1 unspecified atom stereocenters. The van der Waals surface area contributed by atoms with Gasteiger partial charge in [-0.15, -0.1) is 0 Å². The van der Waals surface area contributed by atoms with Gasteiger partial charge in [0.15, 0.2) is 5.78 Å². The highest BCUT2D eigenvalue weighted by atomic mass is 16.2. The third kappa shape index (κ3) is 7.03. The Morgan fingerprint density at radius 1 is 1.05 bits per heavy atom. The standard InChI is InChI=1S/C27H39N7O3/c1-27(2,29)24(35)20-10-14-33(15-11-20)25(36)30-23-12-16-34(26(37)31-23)22-8-6-19(7-9-22)17-32-13-4-3-5-21(28)18-32/h6-9,12,16,20-21H,3-5,10-11,13-15,17-18,28-29H2,1-2H3,(H,30,31,36,37). The van der Waals surface area contributed by atoms with Crippen LogP contribution in [0.2, 0.25) is 0 Å². The van der Waals surface area contributed by atoms with Gasteiger partial charge in [0.2, 0.25) is 0 Å². The summed E-state index contributed by atoms with van der Waals surface area (Å²) in [4.78, 5) is 45.9. The smallest absolute Gasteiger partial charge is 0.327 e. The summed E-state index contributed by atoms with van der Waals surface area (Å²) in [6.07, 6.45) is 6.18. The number of ketones is 1. The fourth-order valence-electron chi connectivity index (χ4n) is 5.15. The summed E-state index contributed by atoms with van der Waals surface area (Å²) < 4.78 is 1.45. The first-order valence-electron chi connectivity index (χ1n) is 13.2. The summed E-state index contributed by atoms with van der Waals surface area (Å²) in [6.45, 7) is 7.11. The van der Waals surface area contributed by atoms with Gasteiger partial charge in [0.1, 0.15) is 5.82 Å². The monoisotopic (exact) mass is 509 g/mol. The number of Topliss-reactive ketones (excluding diaryl/α,β-unsaturated/α-hetero) is 1. The quantitative estimate of drug-likeness (QED) is 0.542. The van der Waals surface area contributed by atoms with Crippen molar-refractivity contribution in [3.05, 3.63) is 52.6 Å². The number of aromatic nitrogens is 2. The van der Waals surface area contributed by atoms with E-state index in [1.54, 1.807) is 31.0 Å². The lowest BCUT2D eigenvalue weighted by molar-refractivity contribution is -0.128. The Morgan fingerprint density at radius 2 is 1.76 bits per heavy atom. The number of benzene rings is 1. The molecule has 2 amide bonds. The molecule has 37 heavy (non-hydrogen) atoms. The molecule has 2 aromatic rings. The average Bonchev–Trinajstić information content (AvgIpc) is 3.07. The van der Waals surface area contributed by atoms with Gasteiger partial charge in [0, 0.05) is 44.3 Å². The van der Waals surface area contributed by atoms with Gasteiger partial charge in [-0.05, 0) is 69.8 Å². The molecule has 2 aliphatic heterocycles. The number of rotatable bonds is 6. The number of amides is 2. The van der Waals surface area contributed by atoms with Crippen LogP contribution in [0, 0.1) is 5.92 Å². The predicted octanol–water partition coefficient (Wildman–Crippen LogP) is 2.10. The minimum atomic E-state index is -0.871. The Bertz CT molecular complexity index is 1150. The Balaban J connectivity index is 1.33. The van der Waals surface area contributed by atoms with E-state index < -0.39 is 11.2 Å². The van der Waals surface area contributed by atoms with Crippen molar-refractivity contribution in [2.75, 3.05) is 31.5 Å². The summed E-state index contributed by atoms with van der Waals surface area (Å²) in [6, 6.07) is 9.36. The number of urea groups is 1. The number of nitrogens with two attached hydrogens (primary N) is 2. The first kappa shape index (κ1) is 27.0. The van der Waals surface area contributed by atoms with E-state index in [0.29, 0.717) is 31.6 Å². The molecule has 0 aliphatic carbocycles. The molecule has 1 aromatic carbocycles. The lowest BCUT2D eigenvalue weighted by atomic mass is 9.84. The molecule has 3 heterocycles. The lowest BCUT2D eigenvalue weighted by Crippen LogP contribution is -2.49. The zero-order valence-electron chi connectivity index (χ0n) is 21.9.